The van der Waals surface area contributed by atoms with Crippen molar-refractivity contribution in [3.63, 3.8) is 0 Å². The molecule has 146 valence electrons. The number of nitrogens with zero attached hydrogens (tertiary/aromatic N) is 3. The second-order valence-electron chi connectivity index (χ2n) is 8.09. The number of benzene rings is 1. The zero-order chi connectivity index (χ0) is 18.6. The van der Waals surface area contributed by atoms with Crippen LogP contribution in [-0.2, 0) is 11.3 Å². The van der Waals surface area contributed by atoms with Gasteiger partial charge in [-0.25, -0.2) is 4.98 Å². The summed E-state index contributed by atoms with van der Waals surface area (Å²) in [6, 6.07) is 7.97. The second-order valence-corrected chi connectivity index (χ2v) is 8.09. The fourth-order valence-electron chi connectivity index (χ4n) is 4.88. The average molecular weight is 370 g/mol. The van der Waals surface area contributed by atoms with E-state index in [1.54, 1.807) is 7.11 Å². The molecule has 1 aliphatic carbocycles. The van der Waals surface area contributed by atoms with Crippen molar-refractivity contribution < 1.29 is 4.74 Å². The number of ether oxygens (including phenoxy) is 1. The van der Waals surface area contributed by atoms with Crippen LogP contribution in [0.3, 0.4) is 0 Å². The number of para-hydroxylation sites is 1. The molecule has 1 aromatic carbocycles. The van der Waals surface area contributed by atoms with Gasteiger partial charge in [0.25, 0.3) is 5.56 Å². The van der Waals surface area contributed by atoms with Gasteiger partial charge in [0.1, 0.15) is 5.82 Å². The number of likely N-dealkylation sites (tertiary alicyclic amines) is 1. The van der Waals surface area contributed by atoms with Gasteiger partial charge >= 0.3 is 0 Å². The number of aromatic nitrogens is 2. The van der Waals surface area contributed by atoms with Gasteiger partial charge in [-0.2, -0.15) is 0 Å². The Bertz CT molecular complexity index is 826. The smallest absolute Gasteiger partial charge is 0.261 e. The molecule has 2 aliphatic rings. The summed E-state index contributed by atoms with van der Waals surface area (Å²) in [6.45, 7) is 3.37. The molecule has 0 bridgehead atoms. The molecule has 1 aliphatic heterocycles. The number of rotatable bonds is 6. The van der Waals surface area contributed by atoms with E-state index in [9.17, 15) is 4.79 Å². The minimum atomic E-state index is 0.0668. The lowest BCUT2D eigenvalue weighted by molar-refractivity contribution is 0.167. The van der Waals surface area contributed by atoms with E-state index >= 15 is 0 Å². The molecule has 1 unspecified atom stereocenters. The van der Waals surface area contributed by atoms with Gasteiger partial charge in [0, 0.05) is 13.7 Å². The first kappa shape index (κ1) is 18.6. The molecule has 2 heterocycles. The van der Waals surface area contributed by atoms with Crippen molar-refractivity contribution in [2.24, 2.45) is 5.92 Å². The van der Waals surface area contributed by atoms with Crippen molar-refractivity contribution in [1.29, 1.82) is 0 Å². The van der Waals surface area contributed by atoms with Gasteiger partial charge in [0.2, 0.25) is 0 Å². The lowest BCUT2D eigenvalue weighted by Gasteiger charge is -2.31. The SMILES string of the molecule is COCCn1c(C2CCCN2CC2CCCCC2)nc2ccccc2c1=O. The maximum absolute atomic E-state index is 13.2. The molecule has 4 rings (SSSR count). The molecular weight excluding hydrogens is 338 g/mol. The van der Waals surface area contributed by atoms with Gasteiger partial charge in [-0.05, 0) is 50.3 Å². The topological polar surface area (TPSA) is 47.4 Å². The molecule has 1 aromatic heterocycles. The summed E-state index contributed by atoms with van der Waals surface area (Å²) >= 11 is 0. The summed E-state index contributed by atoms with van der Waals surface area (Å²) in [5.41, 5.74) is 0.882. The number of hydrogen-bond acceptors (Lipinski definition) is 4. The predicted molar refractivity (Wildman–Crippen MR) is 108 cm³/mol. The molecule has 2 fully saturated rings. The molecule has 0 amide bonds. The molecule has 1 saturated heterocycles. The third-order valence-corrected chi connectivity index (χ3v) is 6.29. The van der Waals surface area contributed by atoms with Crippen LogP contribution in [-0.4, -0.2) is 41.3 Å². The van der Waals surface area contributed by atoms with Gasteiger partial charge in [-0.1, -0.05) is 31.4 Å². The first-order chi connectivity index (χ1) is 13.3. The standard InChI is InChI=1S/C22H31N3O2/c1-27-15-14-25-21(23-19-11-6-5-10-18(19)22(25)26)20-12-7-13-24(20)16-17-8-3-2-4-9-17/h5-6,10-11,17,20H,2-4,7-9,12-16H2,1H3. The normalized spacial score (nSPS) is 21.9. The minimum absolute atomic E-state index is 0.0668. The van der Waals surface area contributed by atoms with Gasteiger partial charge in [-0.15, -0.1) is 0 Å². The molecule has 5 heteroatoms. The number of hydrogen-bond donors (Lipinski definition) is 0. The Kier molecular flexibility index (Phi) is 5.89. The summed E-state index contributed by atoms with van der Waals surface area (Å²) in [5, 5.41) is 0.703. The van der Waals surface area contributed by atoms with Gasteiger partial charge in [-0.3, -0.25) is 14.3 Å². The zero-order valence-electron chi connectivity index (χ0n) is 16.4. The molecule has 1 atom stereocenters. The van der Waals surface area contributed by atoms with Crippen molar-refractivity contribution in [1.82, 2.24) is 14.5 Å². The first-order valence-corrected chi connectivity index (χ1v) is 10.5. The number of fused-ring (bicyclic) bond motifs is 1. The van der Waals surface area contributed by atoms with Crippen LogP contribution in [0, 0.1) is 5.92 Å². The molecular formula is C22H31N3O2. The van der Waals surface area contributed by atoms with E-state index in [0.717, 1.165) is 36.8 Å². The Hall–Kier alpha value is -1.72. The van der Waals surface area contributed by atoms with Crippen molar-refractivity contribution in [2.75, 3.05) is 26.8 Å². The van der Waals surface area contributed by atoms with E-state index in [0.29, 0.717) is 18.5 Å². The molecule has 2 aromatic rings. The average Bonchev–Trinajstić information content (AvgIpc) is 3.16. The second kappa shape index (κ2) is 8.53. The highest BCUT2D eigenvalue weighted by Crippen LogP contribution is 2.34. The lowest BCUT2D eigenvalue weighted by Crippen LogP contribution is -2.35. The van der Waals surface area contributed by atoms with Crippen LogP contribution >= 0.6 is 0 Å². The van der Waals surface area contributed by atoms with Crippen LogP contribution in [0.4, 0.5) is 0 Å². The van der Waals surface area contributed by atoms with E-state index in [-0.39, 0.29) is 11.6 Å². The third-order valence-electron chi connectivity index (χ3n) is 6.29. The highest BCUT2D eigenvalue weighted by atomic mass is 16.5. The van der Waals surface area contributed by atoms with Gasteiger partial charge in [0.15, 0.2) is 0 Å². The van der Waals surface area contributed by atoms with Gasteiger partial charge in [0.05, 0.1) is 30.1 Å². The fraction of sp³-hybridized carbons (Fsp3) is 0.636. The van der Waals surface area contributed by atoms with Crippen LogP contribution in [0.15, 0.2) is 29.1 Å². The maximum Gasteiger partial charge on any atom is 0.261 e. The Morgan fingerprint density at radius 3 is 2.74 bits per heavy atom. The van der Waals surface area contributed by atoms with E-state index in [1.807, 2.05) is 28.8 Å². The van der Waals surface area contributed by atoms with E-state index in [2.05, 4.69) is 4.90 Å². The summed E-state index contributed by atoms with van der Waals surface area (Å²) in [6.07, 6.45) is 9.11. The zero-order valence-corrected chi connectivity index (χ0v) is 16.4. The van der Waals surface area contributed by atoms with Crippen molar-refractivity contribution in [3.8, 4) is 0 Å². The molecule has 27 heavy (non-hydrogen) atoms. The van der Waals surface area contributed by atoms with Crippen LogP contribution in [0.25, 0.3) is 10.9 Å². The van der Waals surface area contributed by atoms with Crippen LogP contribution in [0.2, 0.25) is 0 Å². The predicted octanol–water partition coefficient (Wildman–Crippen LogP) is 3.76. The van der Waals surface area contributed by atoms with E-state index in [4.69, 9.17) is 9.72 Å². The van der Waals surface area contributed by atoms with E-state index in [1.165, 1.54) is 38.5 Å². The summed E-state index contributed by atoms with van der Waals surface area (Å²) in [5.74, 6) is 1.74. The molecule has 0 radical (unpaired) electrons. The van der Waals surface area contributed by atoms with Crippen LogP contribution < -0.4 is 5.56 Å². The first-order valence-electron chi connectivity index (χ1n) is 10.5. The van der Waals surface area contributed by atoms with Crippen molar-refractivity contribution in [3.05, 3.63) is 40.4 Å². The monoisotopic (exact) mass is 369 g/mol. The van der Waals surface area contributed by atoms with Crippen molar-refractivity contribution in [2.45, 2.75) is 57.5 Å². The maximum atomic E-state index is 13.2. The molecule has 5 nitrogen and oxygen atoms in total. The molecule has 1 saturated carbocycles. The number of methoxy groups -OCH3 is 1. The Balaban J connectivity index is 1.68. The Morgan fingerprint density at radius 1 is 1.11 bits per heavy atom. The van der Waals surface area contributed by atoms with Gasteiger partial charge < -0.3 is 4.74 Å². The Labute approximate surface area is 161 Å². The summed E-state index contributed by atoms with van der Waals surface area (Å²) < 4.78 is 7.15. The van der Waals surface area contributed by atoms with Crippen LogP contribution in [0.5, 0.6) is 0 Å². The van der Waals surface area contributed by atoms with Crippen molar-refractivity contribution >= 4 is 10.9 Å². The lowest BCUT2D eigenvalue weighted by atomic mass is 9.89. The molecule has 0 spiro atoms. The highest BCUT2D eigenvalue weighted by Gasteiger charge is 2.32. The third kappa shape index (κ3) is 3.94. The fourth-order valence-corrected chi connectivity index (χ4v) is 4.88. The van der Waals surface area contributed by atoms with Crippen LogP contribution in [0.1, 0.15) is 56.8 Å². The summed E-state index contributed by atoms with van der Waals surface area (Å²) in [4.78, 5) is 20.7. The Morgan fingerprint density at radius 2 is 1.93 bits per heavy atom. The largest absolute Gasteiger partial charge is 0.383 e. The minimum Gasteiger partial charge on any atom is -0.383 e. The molecule has 0 N–H and O–H groups in total. The quantitative estimate of drug-likeness (QED) is 0.778. The highest BCUT2D eigenvalue weighted by molar-refractivity contribution is 5.77. The summed E-state index contributed by atoms with van der Waals surface area (Å²) in [7, 11) is 1.68. The van der Waals surface area contributed by atoms with E-state index < -0.39 is 0 Å².